The van der Waals surface area contributed by atoms with Crippen LogP contribution in [0.25, 0.3) is 11.3 Å². The summed E-state index contributed by atoms with van der Waals surface area (Å²) in [6, 6.07) is 2.16. The van der Waals surface area contributed by atoms with E-state index in [-0.39, 0.29) is 41.9 Å². The summed E-state index contributed by atoms with van der Waals surface area (Å²) in [5.74, 6) is 0.397. The van der Waals surface area contributed by atoms with E-state index >= 15 is 0 Å². The van der Waals surface area contributed by atoms with Crippen LogP contribution in [0, 0.1) is 0 Å². The Morgan fingerprint density at radius 1 is 1.07 bits per heavy atom. The van der Waals surface area contributed by atoms with Crippen LogP contribution < -0.4 is 15.5 Å². The second kappa shape index (κ2) is 7.12. The minimum absolute atomic E-state index is 0.0176. The third-order valence-electron chi connectivity index (χ3n) is 4.97. The van der Waals surface area contributed by atoms with Gasteiger partial charge in [-0.1, -0.05) is 0 Å². The normalized spacial score (nSPS) is 18.1. The molecule has 2 aromatic rings. The Kier molecular flexibility index (Phi) is 4.75. The fraction of sp³-hybridized carbons (Fsp3) is 0.444. The smallest absolute Gasteiger partial charge is 0.384 e. The molecule has 2 fully saturated rings. The number of hydrogen-bond donors (Lipinski definition) is 1. The molecule has 154 valence electrons. The molecule has 0 unspecified atom stereocenters. The third kappa shape index (κ3) is 3.94. The molecule has 2 aromatic heterocycles. The molecule has 11 heteroatoms. The van der Waals surface area contributed by atoms with Gasteiger partial charge in [0.1, 0.15) is 23.6 Å². The van der Waals surface area contributed by atoms with Crippen molar-refractivity contribution in [2.24, 2.45) is 0 Å². The first kappa shape index (κ1) is 19.3. The minimum atomic E-state index is -4.66. The lowest BCUT2D eigenvalue weighted by molar-refractivity contribution is -0.137. The zero-order valence-electron chi connectivity index (χ0n) is 15.3. The number of hydrogen-bond acceptors (Lipinski definition) is 7. The summed E-state index contributed by atoms with van der Waals surface area (Å²) in [6.07, 6.45) is -4.00. The lowest BCUT2D eigenvalue weighted by Gasteiger charge is -2.36. The maximum absolute atomic E-state index is 13.6. The largest absolute Gasteiger partial charge is 0.417 e. The van der Waals surface area contributed by atoms with Crippen molar-refractivity contribution < 1.29 is 22.4 Å². The Morgan fingerprint density at radius 3 is 2.38 bits per heavy atom. The highest BCUT2D eigenvalue weighted by Crippen LogP contribution is 2.38. The van der Waals surface area contributed by atoms with Gasteiger partial charge in [0, 0.05) is 43.8 Å². The number of piperidine rings is 1. The van der Waals surface area contributed by atoms with E-state index < -0.39 is 17.9 Å². The molecule has 0 spiro atoms. The first-order valence-corrected chi connectivity index (χ1v) is 9.08. The van der Waals surface area contributed by atoms with Crippen molar-refractivity contribution in [3.05, 3.63) is 23.9 Å². The van der Waals surface area contributed by atoms with Gasteiger partial charge in [0.2, 0.25) is 5.95 Å². The number of halogens is 4. The highest BCUT2D eigenvalue weighted by molar-refractivity contribution is 5.81. The van der Waals surface area contributed by atoms with Gasteiger partial charge in [-0.25, -0.2) is 14.4 Å². The van der Waals surface area contributed by atoms with Crippen LogP contribution in [0.4, 0.5) is 35.1 Å². The van der Waals surface area contributed by atoms with E-state index in [9.17, 15) is 22.4 Å². The van der Waals surface area contributed by atoms with Gasteiger partial charge in [-0.05, 0) is 6.07 Å². The summed E-state index contributed by atoms with van der Waals surface area (Å²) in [7, 11) is 0. The number of nitrogens with two attached hydrogens (primary N) is 1. The number of pyridine rings is 1. The number of Topliss-reactive ketones (excluding diaryl/α,β-unsaturated/α-hetero) is 1. The van der Waals surface area contributed by atoms with Crippen molar-refractivity contribution in [3.8, 4) is 11.3 Å². The number of rotatable bonds is 3. The van der Waals surface area contributed by atoms with Crippen LogP contribution in [0.15, 0.2) is 18.3 Å². The van der Waals surface area contributed by atoms with Gasteiger partial charge in [0.25, 0.3) is 0 Å². The Balaban J connectivity index is 1.80. The molecule has 7 nitrogen and oxygen atoms in total. The van der Waals surface area contributed by atoms with Crippen molar-refractivity contribution in [1.29, 1.82) is 0 Å². The molecule has 0 bridgehead atoms. The monoisotopic (exact) mass is 410 g/mol. The topological polar surface area (TPSA) is 88.2 Å². The van der Waals surface area contributed by atoms with E-state index in [1.165, 1.54) is 6.07 Å². The second-order valence-electron chi connectivity index (χ2n) is 7.09. The van der Waals surface area contributed by atoms with Crippen molar-refractivity contribution in [2.45, 2.75) is 25.2 Å². The van der Waals surface area contributed by atoms with E-state index in [1.807, 2.05) is 0 Å². The molecule has 0 atom stereocenters. The number of aromatic nitrogens is 3. The molecule has 4 rings (SSSR count). The molecule has 2 aliphatic rings. The molecule has 29 heavy (non-hydrogen) atoms. The van der Waals surface area contributed by atoms with Gasteiger partial charge in [-0.3, -0.25) is 4.79 Å². The molecule has 0 radical (unpaired) electrons. The number of nitrogen functional groups attached to an aromatic ring is 1. The summed E-state index contributed by atoms with van der Waals surface area (Å²) >= 11 is 0. The average Bonchev–Trinajstić information content (AvgIpc) is 2.65. The maximum Gasteiger partial charge on any atom is 0.417 e. The van der Waals surface area contributed by atoms with Crippen LogP contribution in [0.5, 0.6) is 0 Å². The zero-order chi connectivity index (χ0) is 20.8. The van der Waals surface area contributed by atoms with Gasteiger partial charge >= 0.3 is 6.18 Å². The minimum Gasteiger partial charge on any atom is -0.384 e. The Morgan fingerprint density at radius 2 is 1.76 bits per heavy atom. The number of anilines is 3. The number of carbonyl (C=O) groups is 1. The quantitative estimate of drug-likeness (QED) is 0.778. The lowest BCUT2D eigenvalue weighted by atomic mass is 10.1. The van der Waals surface area contributed by atoms with Gasteiger partial charge < -0.3 is 15.5 Å². The first-order valence-electron chi connectivity index (χ1n) is 9.08. The molecule has 2 saturated heterocycles. The highest BCUT2D eigenvalue weighted by atomic mass is 19.4. The molecule has 0 aromatic carbocycles. The number of alkyl halides is 4. The summed E-state index contributed by atoms with van der Waals surface area (Å²) in [4.78, 5) is 27.4. The van der Waals surface area contributed by atoms with Crippen LogP contribution >= 0.6 is 0 Å². The molecule has 0 saturated carbocycles. The van der Waals surface area contributed by atoms with E-state index in [0.29, 0.717) is 31.7 Å². The number of nitrogens with zero attached hydrogens (tertiary/aromatic N) is 5. The first-order chi connectivity index (χ1) is 13.7. The summed E-state index contributed by atoms with van der Waals surface area (Å²) < 4.78 is 54.0. The van der Waals surface area contributed by atoms with Crippen molar-refractivity contribution in [1.82, 2.24) is 15.0 Å². The van der Waals surface area contributed by atoms with Crippen LogP contribution in [0.2, 0.25) is 0 Å². The van der Waals surface area contributed by atoms with Crippen molar-refractivity contribution in [2.75, 3.05) is 41.7 Å². The molecule has 4 heterocycles. The SMILES string of the molecule is Nc1cc(C(F)(F)F)c(-c2cc(N3CC(F)C3)nc(N3CCC(=O)CC3)n2)cn1. The van der Waals surface area contributed by atoms with Crippen molar-refractivity contribution in [3.63, 3.8) is 0 Å². The second-order valence-corrected chi connectivity index (χ2v) is 7.09. The van der Waals surface area contributed by atoms with Gasteiger partial charge in [0.15, 0.2) is 0 Å². The standard InChI is InChI=1S/C18H18F4N6O/c19-10-8-28(9-10)16-6-14(12-7-24-15(23)5-13(12)18(20,21)22)25-17(26-16)27-3-1-11(29)2-4-27/h5-7,10H,1-4,8-9H2,(H2,23,24). The number of ketones is 1. The van der Waals surface area contributed by atoms with E-state index in [0.717, 1.165) is 12.3 Å². The van der Waals surface area contributed by atoms with Crippen LogP contribution in [-0.2, 0) is 11.0 Å². The van der Waals surface area contributed by atoms with Crippen LogP contribution in [-0.4, -0.2) is 53.1 Å². The van der Waals surface area contributed by atoms with E-state index in [4.69, 9.17) is 5.73 Å². The van der Waals surface area contributed by atoms with E-state index in [2.05, 4.69) is 15.0 Å². The fourth-order valence-electron chi connectivity index (χ4n) is 3.34. The molecular formula is C18H18F4N6O. The van der Waals surface area contributed by atoms with Gasteiger partial charge in [-0.15, -0.1) is 0 Å². The molecular weight excluding hydrogens is 392 g/mol. The average molecular weight is 410 g/mol. The zero-order valence-corrected chi connectivity index (χ0v) is 15.3. The van der Waals surface area contributed by atoms with Gasteiger partial charge in [0.05, 0.1) is 24.3 Å². The molecule has 0 amide bonds. The number of carbonyl (C=O) groups excluding carboxylic acids is 1. The lowest BCUT2D eigenvalue weighted by Crippen LogP contribution is -2.49. The Hall–Kier alpha value is -2.98. The fourth-order valence-corrected chi connectivity index (χ4v) is 3.34. The van der Waals surface area contributed by atoms with Crippen molar-refractivity contribution >= 4 is 23.4 Å². The Bertz CT molecular complexity index is 934. The summed E-state index contributed by atoms with van der Waals surface area (Å²) in [5, 5.41) is 0. The highest BCUT2D eigenvalue weighted by Gasteiger charge is 2.36. The Labute approximate surface area is 163 Å². The molecule has 2 N–H and O–H groups in total. The van der Waals surface area contributed by atoms with Gasteiger partial charge in [-0.2, -0.15) is 18.2 Å². The predicted molar refractivity (Wildman–Crippen MR) is 98.2 cm³/mol. The molecule has 0 aliphatic carbocycles. The third-order valence-corrected chi connectivity index (χ3v) is 4.97. The van der Waals surface area contributed by atoms with Crippen LogP contribution in [0.1, 0.15) is 18.4 Å². The maximum atomic E-state index is 13.6. The summed E-state index contributed by atoms with van der Waals surface area (Å²) in [6.45, 7) is 0.972. The predicted octanol–water partition coefficient (Wildman–Crippen LogP) is 2.47. The van der Waals surface area contributed by atoms with E-state index in [1.54, 1.807) is 9.80 Å². The molecule has 2 aliphatic heterocycles. The van der Waals surface area contributed by atoms with Crippen LogP contribution in [0.3, 0.4) is 0 Å². The summed E-state index contributed by atoms with van der Waals surface area (Å²) in [5.41, 5.74) is 4.28.